The minimum atomic E-state index is -0.572. The number of carbonyl (C=O) groups excluding carboxylic acids is 2. The third-order valence-corrected chi connectivity index (χ3v) is 17.6. The predicted molar refractivity (Wildman–Crippen MR) is 350 cm³/mol. The van der Waals surface area contributed by atoms with Gasteiger partial charge in [-0.25, -0.2) is 9.97 Å². The summed E-state index contributed by atoms with van der Waals surface area (Å²) in [4.78, 5) is 35.4. The Morgan fingerprint density at radius 1 is 0.435 bits per heavy atom. The van der Waals surface area contributed by atoms with Gasteiger partial charge in [0.2, 0.25) is 11.8 Å². The van der Waals surface area contributed by atoms with Crippen molar-refractivity contribution >= 4 is 35.0 Å². The molecule has 10 aromatic rings. The van der Waals surface area contributed by atoms with E-state index in [0.29, 0.717) is 37.8 Å². The van der Waals surface area contributed by atoms with Crippen LogP contribution in [0.1, 0.15) is 116 Å². The number of amides is 2. The van der Waals surface area contributed by atoms with E-state index < -0.39 is 11.1 Å². The number of carbonyl (C=O) groups is 2. The van der Waals surface area contributed by atoms with Gasteiger partial charge in [0.15, 0.2) is 0 Å². The monoisotopic (exact) mass is 1170 g/mol. The molecule has 2 aromatic heterocycles. The molecule has 0 saturated heterocycles. The molecule has 0 fully saturated rings. The van der Waals surface area contributed by atoms with Crippen LogP contribution in [0.4, 0.5) is 0 Å². The molecule has 85 heavy (non-hydrogen) atoms. The van der Waals surface area contributed by atoms with Crippen molar-refractivity contribution in [1.29, 1.82) is 0 Å². The van der Waals surface area contributed by atoms with Crippen molar-refractivity contribution in [3.05, 3.63) is 321 Å². The number of hydrogen-bond donors (Lipinski definition) is 2. The van der Waals surface area contributed by atoms with E-state index in [4.69, 9.17) is 33.2 Å². The largest absolute Gasteiger partial charge is 0.356 e. The summed E-state index contributed by atoms with van der Waals surface area (Å²) in [7, 11) is 0. The van der Waals surface area contributed by atoms with Crippen LogP contribution >= 0.6 is 23.2 Å². The van der Waals surface area contributed by atoms with Gasteiger partial charge in [0, 0.05) is 50.2 Å². The highest BCUT2D eigenvalue weighted by molar-refractivity contribution is 6.30. The maximum atomic E-state index is 12.8. The summed E-state index contributed by atoms with van der Waals surface area (Å²) in [6.07, 6.45) is 14.1. The highest BCUT2D eigenvalue weighted by Crippen LogP contribution is 2.45. The third kappa shape index (κ3) is 13.6. The van der Waals surface area contributed by atoms with Crippen LogP contribution in [0, 0.1) is 11.8 Å². The van der Waals surface area contributed by atoms with Gasteiger partial charge in [-0.2, -0.15) is 0 Å². The number of nitrogens with zero attached hydrogens (tertiary/aromatic N) is 4. The first-order chi connectivity index (χ1) is 41.3. The number of benzene rings is 8. The lowest BCUT2D eigenvalue weighted by Crippen LogP contribution is -2.40. The predicted octanol–water partition coefficient (Wildman–Crippen LogP) is 16.4. The molecule has 8 nitrogen and oxygen atoms in total. The first-order valence-electron chi connectivity index (χ1n) is 29.8. The molecule has 8 aromatic carbocycles. The van der Waals surface area contributed by atoms with Crippen LogP contribution in [-0.2, 0) is 59.2 Å². The zero-order valence-corrected chi connectivity index (χ0v) is 49.0. The normalized spacial score (nSPS) is 14.6. The molecule has 0 aliphatic heterocycles. The summed E-state index contributed by atoms with van der Waals surface area (Å²) >= 11 is 12.0. The van der Waals surface area contributed by atoms with E-state index in [9.17, 15) is 9.59 Å². The molecule has 2 atom stereocenters. The minimum Gasteiger partial charge on any atom is -0.356 e. The quantitative estimate of drug-likeness (QED) is 0.0744. The van der Waals surface area contributed by atoms with Gasteiger partial charge in [0.05, 0.1) is 24.0 Å². The van der Waals surface area contributed by atoms with Crippen LogP contribution < -0.4 is 10.6 Å². The molecule has 0 bridgehead atoms. The molecule has 0 radical (unpaired) electrons. The van der Waals surface area contributed by atoms with Gasteiger partial charge in [-0.05, 0) is 145 Å². The Hall–Kier alpha value is -8.30. The number of hydrogen-bond acceptors (Lipinski definition) is 4. The lowest BCUT2D eigenvalue weighted by Gasteiger charge is -2.39. The molecule has 2 aliphatic carbocycles. The molecule has 2 unspecified atom stereocenters. The van der Waals surface area contributed by atoms with E-state index >= 15 is 0 Å². The Morgan fingerprint density at radius 2 is 0.765 bits per heavy atom. The maximum Gasteiger partial charge on any atom is 0.220 e. The fraction of sp³-hybridized carbons (Fsp3) is 0.253. The number of rotatable bonds is 20. The summed E-state index contributed by atoms with van der Waals surface area (Å²) in [5, 5.41) is 7.91. The van der Waals surface area contributed by atoms with E-state index in [1.165, 1.54) is 55.9 Å². The standard InChI is InChI=1S/2C37H36ClN3O.CH4.2H2/c38-33-22-19-28(20-23-33)11-10-18-36(42)39-26-29-21-24-35-34(25-29)40-27-41(35)37(30-12-4-1-5-13-30,31-14-6-2-7-15-31)32-16-8-3-9-17-32;38-33-22-19-28(20-23-33)11-10-18-36(42)39-26-29-21-24-34-35(25-29)41(27-40-34)37(30-12-4-1-5-13-30,31-14-6-2-7-15-31)32-16-8-3-9-17-32;;;/h2*1-9,12-17,19-20,22-23,27,29H,10-11,18,21,24-26H2,(H,39,42);1H4;2*1H. The summed E-state index contributed by atoms with van der Waals surface area (Å²) < 4.78 is 4.82. The van der Waals surface area contributed by atoms with Crippen molar-refractivity contribution < 1.29 is 12.4 Å². The van der Waals surface area contributed by atoms with Crippen LogP contribution in [0.5, 0.6) is 0 Å². The molecule has 0 saturated carbocycles. The summed E-state index contributed by atoms with van der Waals surface area (Å²) in [6.45, 7) is 1.37. The number of fused-ring (bicyclic) bond motifs is 2. The summed E-state index contributed by atoms with van der Waals surface area (Å²) in [5.74, 6) is 0.973. The summed E-state index contributed by atoms with van der Waals surface area (Å²) in [5.41, 5.74) is 13.3. The lowest BCUT2D eigenvalue weighted by atomic mass is 9.76. The molecular formula is C75H80Cl2N6O2. The molecule has 12 rings (SSSR count). The number of halogens is 2. The third-order valence-electron chi connectivity index (χ3n) is 17.1. The average Bonchev–Trinajstić information content (AvgIpc) is 2.10. The van der Waals surface area contributed by atoms with Crippen LogP contribution in [-0.4, -0.2) is 44.0 Å². The fourth-order valence-electron chi connectivity index (χ4n) is 12.9. The number of aryl methyl sites for hydroxylation is 3. The fourth-order valence-corrected chi connectivity index (χ4v) is 13.1. The number of aromatic nitrogens is 4. The molecule has 2 N–H and O–H groups in total. The SMILES string of the molecule is C.O=C(CCCc1ccc(Cl)cc1)NCC1CCc2c(ncn2C(c2ccccc2)(c2ccccc2)c2ccccc2)C1.O=C(CCCc1ccc(Cl)cc1)NCC1CCc2ncn(C(c3ccccc3)(c3ccccc3)c3ccccc3)c2C1.[HH].[HH]. The Balaban J connectivity index is 0.000000218. The lowest BCUT2D eigenvalue weighted by molar-refractivity contribution is -0.122. The van der Waals surface area contributed by atoms with Crippen LogP contribution in [0.2, 0.25) is 10.0 Å². The molecule has 10 heteroatoms. The van der Waals surface area contributed by atoms with Crippen molar-refractivity contribution in [1.82, 2.24) is 29.7 Å². The Bertz CT molecular complexity index is 3510. The van der Waals surface area contributed by atoms with Crippen molar-refractivity contribution in [2.45, 2.75) is 95.6 Å². The van der Waals surface area contributed by atoms with Gasteiger partial charge in [-0.3, -0.25) is 9.59 Å². The second-order valence-electron chi connectivity index (χ2n) is 22.4. The molecule has 436 valence electrons. The minimum absolute atomic E-state index is 0. The van der Waals surface area contributed by atoms with Gasteiger partial charge in [0.1, 0.15) is 11.1 Å². The molecule has 2 heterocycles. The molecular weight excluding hydrogens is 1090 g/mol. The highest BCUT2D eigenvalue weighted by Gasteiger charge is 2.43. The first-order valence-corrected chi connectivity index (χ1v) is 30.5. The zero-order valence-electron chi connectivity index (χ0n) is 47.5. The van der Waals surface area contributed by atoms with Gasteiger partial charge in [-0.1, -0.05) is 237 Å². The van der Waals surface area contributed by atoms with Crippen LogP contribution in [0.25, 0.3) is 0 Å². The van der Waals surface area contributed by atoms with E-state index in [-0.39, 0.29) is 22.1 Å². The number of nitrogens with one attached hydrogen (secondary N) is 2. The van der Waals surface area contributed by atoms with Crippen molar-refractivity contribution in [3.8, 4) is 0 Å². The smallest absolute Gasteiger partial charge is 0.220 e. The van der Waals surface area contributed by atoms with Gasteiger partial charge >= 0.3 is 0 Å². The Kier molecular flexibility index (Phi) is 20.1. The number of imidazole rings is 2. The second kappa shape index (κ2) is 28.5. The van der Waals surface area contributed by atoms with Gasteiger partial charge in [-0.15, -0.1) is 0 Å². The topological polar surface area (TPSA) is 93.8 Å². The molecule has 2 amide bonds. The van der Waals surface area contributed by atoms with Crippen molar-refractivity contribution in [3.63, 3.8) is 0 Å². The Morgan fingerprint density at radius 3 is 1.14 bits per heavy atom. The van der Waals surface area contributed by atoms with Crippen molar-refractivity contribution in [2.24, 2.45) is 11.8 Å². The van der Waals surface area contributed by atoms with E-state index in [1.807, 2.05) is 61.2 Å². The van der Waals surface area contributed by atoms with Crippen molar-refractivity contribution in [2.75, 3.05) is 13.1 Å². The molecule has 2 aliphatic rings. The molecule has 0 spiro atoms. The van der Waals surface area contributed by atoms with Gasteiger partial charge < -0.3 is 19.8 Å². The Labute approximate surface area is 515 Å². The second-order valence-corrected chi connectivity index (χ2v) is 23.3. The van der Waals surface area contributed by atoms with Crippen LogP contribution in [0.15, 0.2) is 243 Å². The first kappa shape index (κ1) is 59.8. The maximum absolute atomic E-state index is 12.8. The van der Waals surface area contributed by atoms with E-state index in [1.54, 1.807) is 0 Å². The van der Waals surface area contributed by atoms with E-state index in [0.717, 1.165) is 85.6 Å². The summed E-state index contributed by atoms with van der Waals surface area (Å²) in [6, 6.07) is 80.2. The highest BCUT2D eigenvalue weighted by atomic mass is 35.5. The van der Waals surface area contributed by atoms with E-state index in [2.05, 4.69) is 202 Å². The average molecular weight is 1170 g/mol. The zero-order chi connectivity index (χ0) is 57.6. The van der Waals surface area contributed by atoms with Crippen LogP contribution in [0.3, 0.4) is 0 Å². The van der Waals surface area contributed by atoms with Gasteiger partial charge in [0.25, 0.3) is 0 Å².